The third-order valence-corrected chi connectivity index (χ3v) is 3.44. The first-order chi connectivity index (χ1) is 9.89. The van der Waals surface area contributed by atoms with Gasteiger partial charge in [-0.1, -0.05) is 0 Å². The van der Waals surface area contributed by atoms with Gasteiger partial charge in [0.1, 0.15) is 5.75 Å². The lowest BCUT2D eigenvalue weighted by molar-refractivity contribution is -0.141. The molecule has 1 heterocycles. The van der Waals surface area contributed by atoms with E-state index in [0.717, 1.165) is 0 Å². The van der Waals surface area contributed by atoms with Crippen molar-refractivity contribution in [3.8, 4) is 5.75 Å². The number of Topliss-reactive ketones (excluding diaryl/α,β-unsaturated/α-hetero) is 1. The minimum Gasteiger partial charge on any atom is -0.497 e. The zero-order valence-electron chi connectivity index (χ0n) is 12.7. The molecule has 0 bridgehead atoms. The van der Waals surface area contributed by atoms with E-state index in [1.165, 1.54) is 0 Å². The first-order valence-corrected chi connectivity index (χ1v) is 7.07. The highest BCUT2D eigenvalue weighted by Crippen LogP contribution is 2.25. The minimum atomic E-state index is -0.734. The van der Waals surface area contributed by atoms with Crippen molar-refractivity contribution < 1.29 is 24.1 Å². The Morgan fingerprint density at radius 2 is 2.10 bits per heavy atom. The summed E-state index contributed by atoms with van der Waals surface area (Å²) in [5.74, 6) is -0.00106. The summed E-state index contributed by atoms with van der Waals surface area (Å²) in [5.41, 5.74) is 0.568. The van der Waals surface area contributed by atoms with E-state index in [1.54, 1.807) is 31.4 Å². The standard InChI is InChI=1S/C16H22O5/c1-16(2)20-10-14(21-16)8-12(17)9-15(18)11-4-6-13(19-3)7-5-11/h4-7,12,14,17H,8-10H2,1-3H3/t12?,14-/m1/s1. The van der Waals surface area contributed by atoms with Crippen molar-refractivity contribution in [2.45, 2.75) is 44.7 Å². The van der Waals surface area contributed by atoms with Crippen LogP contribution in [0.5, 0.6) is 5.75 Å². The normalized spacial score (nSPS) is 22.0. The van der Waals surface area contributed by atoms with E-state index in [2.05, 4.69) is 0 Å². The number of hydrogen-bond donors (Lipinski definition) is 1. The van der Waals surface area contributed by atoms with Gasteiger partial charge in [0.05, 0.1) is 25.9 Å². The smallest absolute Gasteiger partial charge is 0.165 e. The van der Waals surface area contributed by atoms with Crippen LogP contribution in [0.4, 0.5) is 0 Å². The quantitative estimate of drug-likeness (QED) is 0.815. The fourth-order valence-corrected chi connectivity index (χ4v) is 2.37. The molecule has 116 valence electrons. The number of methoxy groups -OCH3 is 1. The second-order valence-electron chi connectivity index (χ2n) is 5.70. The second-order valence-corrected chi connectivity index (χ2v) is 5.70. The van der Waals surface area contributed by atoms with Gasteiger partial charge < -0.3 is 19.3 Å². The SMILES string of the molecule is COc1ccc(C(=O)CC(O)C[C@@H]2COC(C)(C)O2)cc1. The van der Waals surface area contributed by atoms with Gasteiger partial charge >= 0.3 is 0 Å². The lowest BCUT2D eigenvalue weighted by Gasteiger charge is -2.18. The zero-order valence-corrected chi connectivity index (χ0v) is 12.7. The summed E-state index contributed by atoms with van der Waals surface area (Å²) < 4.78 is 16.1. The summed E-state index contributed by atoms with van der Waals surface area (Å²) >= 11 is 0. The Hall–Kier alpha value is -1.43. The number of ether oxygens (including phenoxy) is 3. The van der Waals surface area contributed by atoms with Gasteiger partial charge in [0, 0.05) is 18.4 Å². The zero-order chi connectivity index (χ0) is 15.5. The number of benzene rings is 1. The van der Waals surface area contributed by atoms with Crippen molar-refractivity contribution in [2.24, 2.45) is 0 Å². The van der Waals surface area contributed by atoms with Gasteiger partial charge in [0.15, 0.2) is 11.6 Å². The number of ketones is 1. The summed E-state index contributed by atoms with van der Waals surface area (Å²) in [6.45, 7) is 4.12. The summed E-state index contributed by atoms with van der Waals surface area (Å²) in [7, 11) is 1.58. The summed E-state index contributed by atoms with van der Waals surface area (Å²) in [4.78, 5) is 12.1. The van der Waals surface area contributed by atoms with Crippen LogP contribution < -0.4 is 4.74 Å². The molecular weight excluding hydrogens is 272 g/mol. The van der Waals surface area contributed by atoms with Crippen molar-refractivity contribution in [1.82, 2.24) is 0 Å². The van der Waals surface area contributed by atoms with Crippen LogP contribution in [0.1, 0.15) is 37.0 Å². The molecule has 5 heteroatoms. The summed E-state index contributed by atoms with van der Waals surface area (Å²) in [6, 6.07) is 6.87. The molecule has 2 rings (SSSR count). The van der Waals surface area contributed by atoms with E-state index in [1.807, 2.05) is 13.8 Å². The van der Waals surface area contributed by atoms with E-state index in [9.17, 15) is 9.90 Å². The molecule has 0 aromatic heterocycles. The van der Waals surface area contributed by atoms with Crippen LogP contribution in [-0.4, -0.2) is 42.6 Å². The molecule has 0 saturated carbocycles. The van der Waals surface area contributed by atoms with Crippen LogP contribution in [0.25, 0.3) is 0 Å². The first kappa shape index (κ1) is 15.9. The van der Waals surface area contributed by atoms with Crippen LogP contribution in [0.2, 0.25) is 0 Å². The third-order valence-electron chi connectivity index (χ3n) is 3.44. The Labute approximate surface area is 124 Å². The Bertz CT molecular complexity index is 480. The number of rotatable bonds is 6. The van der Waals surface area contributed by atoms with Crippen LogP contribution in [0.3, 0.4) is 0 Å². The van der Waals surface area contributed by atoms with E-state index in [4.69, 9.17) is 14.2 Å². The lowest BCUT2D eigenvalue weighted by atomic mass is 10.0. The molecule has 2 atom stereocenters. The molecule has 21 heavy (non-hydrogen) atoms. The third kappa shape index (κ3) is 4.52. The van der Waals surface area contributed by atoms with Gasteiger partial charge in [0.25, 0.3) is 0 Å². The average Bonchev–Trinajstić information content (AvgIpc) is 2.77. The van der Waals surface area contributed by atoms with E-state index >= 15 is 0 Å². The molecule has 5 nitrogen and oxygen atoms in total. The topological polar surface area (TPSA) is 65.0 Å². The number of hydrogen-bond acceptors (Lipinski definition) is 5. The molecule has 1 saturated heterocycles. The van der Waals surface area contributed by atoms with Crippen molar-refractivity contribution >= 4 is 5.78 Å². The molecule has 1 aliphatic rings. The van der Waals surface area contributed by atoms with Gasteiger partial charge in [-0.3, -0.25) is 4.79 Å². The molecule has 0 amide bonds. The Kier molecular flexibility index (Phi) is 4.98. The molecule has 1 aliphatic heterocycles. The van der Waals surface area contributed by atoms with E-state index in [-0.39, 0.29) is 18.3 Å². The van der Waals surface area contributed by atoms with Crippen LogP contribution >= 0.6 is 0 Å². The summed E-state index contributed by atoms with van der Waals surface area (Å²) in [6.07, 6.45) is -0.432. The monoisotopic (exact) mass is 294 g/mol. The Morgan fingerprint density at radius 1 is 1.43 bits per heavy atom. The molecule has 1 N–H and O–H groups in total. The Morgan fingerprint density at radius 3 is 2.62 bits per heavy atom. The van der Waals surface area contributed by atoms with Crippen molar-refractivity contribution in [2.75, 3.05) is 13.7 Å². The maximum atomic E-state index is 12.1. The Balaban J connectivity index is 1.84. The van der Waals surface area contributed by atoms with Gasteiger partial charge in [-0.2, -0.15) is 0 Å². The molecule has 1 aromatic carbocycles. The maximum Gasteiger partial charge on any atom is 0.165 e. The maximum absolute atomic E-state index is 12.1. The number of aliphatic hydroxyl groups is 1. The molecule has 1 unspecified atom stereocenters. The number of aliphatic hydroxyl groups excluding tert-OH is 1. The number of carbonyl (C=O) groups excluding carboxylic acids is 1. The molecule has 1 fully saturated rings. The van der Waals surface area contributed by atoms with E-state index < -0.39 is 11.9 Å². The molecule has 0 aliphatic carbocycles. The van der Waals surface area contributed by atoms with Crippen LogP contribution in [-0.2, 0) is 9.47 Å². The van der Waals surface area contributed by atoms with Crippen LogP contribution in [0.15, 0.2) is 24.3 Å². The molecule has 0 radical (unpaired) electrons. The molecule has 0 spiro atoms. The highest BCUT2D eigenvalue weighted by atomic mass is 16.7. The van der Waals surface area contributed by atoms with Gasteiger partial charge in [0.2, 0.25) is 0 Å². The predicted octanol–water partition coefficient (Wildman–Crippen LogP) is 2.17. The largest absolute Gasteiger partial charge is 0.497 e. The predicted molar refractivity (Wildman–Crippen MR) is 77.5 cm³/mol. The highest BCUT2D eigenvalue weighted by Gasteiger charge is 2.33. The lowest BCUT2D eigenvalue weighted by Crippen LogP contribution is -2.25. The molecule has 1 aromatic rings. The summed E-state index contributed by atoms with van der Waals surface area (Å²) in [5, 5.41) is 10.0. The fourth-order valence-electron chi connectivity index (χ4n) is 2.37. The van der Waals surface area contributed by atoms with Gasteiger partial charge in [-0.15, -0.1) is 0 Å². The molecular formula is C16H22O5. The fraction of sp³-hybridized carbons (Fsp3) is 0.562. The highest BCUT2D eigenvalue weighted by molar-refractivity contribution is 5.96. The van der Waals surface area contributed by atoms with Crippen LogP contribution in [0, 0.1) is 0 Å². The minimum absolute atomic E-state index is 0.0760. The average molecular weight is 294 g/mol. The second kappa shape index (κ2) is 6.56. The number of carbonyl (C=O) groups is 1. The first-order valence-electron chi connectivity index (χ1n) is 7.07. The van der Waals surface area contributed by atoms with Gasteiger partial charge in [-0.25, -0.2) is 0 Å². The van der Waals surface area contributed by atoms with Crippen molar-refractivity contribution in [3.63, 3.8) is 0 Å². The van der Waals surface area contributed by atoms with Crippen molar-refractivity contribution in [3.05, 3.63) is 29.8 Å². The van der Waals surface area contributed by atoms with Gasteiger partial charge in [-0.05, 0) is 38.1 Å². The van der Waals surface area contributed by atoms with E-state index in [0.29, 0.717) is 24.3 Å². The van der Waals surface area contributed by atoms with Crippen molar-refractivity contribution in [1.29, 1.82) is 0 Å².